The van der Waals surface area contributed by atoms with Crippen LogP contribution in [0.5, 0.6) is 11.5 Å². The second kappa shape index (κ2) is 7.31. The molecule has 1 heterocycles. The van der Waals surface area contributed by atoms with E-state index in [2.05, 4.69) is 4.90 Å². The molecule has 0 spiro atoms. The summed E-state index contributed by atoms with van der Waals surface area (Å²) in [5.41, 5.74) is 6.57. The number of hydrogen-bond acceptors (Lipinski definition) is 4. The average molecular weight is 292 g/mol. The van der Waals surface area contributed by atoms with Gasteiger partial charge in [0.05, 0.1) is 19.6 Å². The van der Waals surface area contributed by atoms with Gasteiger partial charge < -0.3 is 15.2 Å². The first-order valence-electron chi connectivity index (χ1n) is 7.45. The van der Waals surface area contributed by atoms with Crippen LogP contribution in [0, 0.1) is 5.92 Å². The molecule has 0 aliphatic carbocycles. The molecule has 1 aromatic carbocycles. The number of piperidine rings is 1. The lowest BCUT2D eigenvalue weighted by Gasteiger charge is -2.31. The van der Waals surface area contributed by atoms with Crippen LogP contribution in [0.15, 0.2) is 18.2 Å². The van der Waals surface area contributed by atoms with Crippen LogP contribution in [0.4, 0.5) is 0 Å². The van der Waals surface area contributed by atoms with Crippen LogP contribution in [-0.2, 0) is 11.3 Å². The molecule has 1 saturated heterocycles. The SMILES string of the molecule is CCOc1ccc(CN2CCCC(C(N)=O)C2)cc1OC. The largest absolute Gasteiger partial charge is 0.493 e. The van der Waals surface area contributed by atoms with E-state index in [1.807, 2.05) is 25.1 Å². The van der Waals surface area contributed by atoms with Crippen molar-refractivity contribution >= 4 is 5.91 Å². The second-order valence-electron chi connectivity index (χ2n) is 5.39. The van der Waals surface area contributed by atoms with Gasteiger partial charge in [-0.15, -0.1) is 0 Å². The predicted molar refractivity (Wildman–Crippen MR) is 81.4 cm³/mol. The third kappa shape index (κ3) is 4.11. The lowest BCUT2D eigenvalue weighted by molar-refractivity contribution is -0.123. The third-order valence-electron chi connectivity index (χ3n) is 3.84. The summed E-state index contributed by atoms with van der Waals surface area (Å²) in [4.78, 5) is 13.6. The molecule has 1 aliphatic heterocycles. The van der Waals surface area contributed by atoms with Gasteiger partial charge in [-0.2, -0.15) is 0 Å². The Hall–Kier alpha value is -1.75. The zero-order chi connectivity index (χ0) is 15.2. The Balaban J connectivity index is 2.03. The van der Waals surface area contributed by atoms with Crippen molar-refractivity contribution in [3.63, 3.8) is 0 Å². The van der Waals surface area contributed by atoms with E-state index in [4.69, 9.17) is 15.2 Å². The first-order valence-corrected chi connectivity index (χ1v) is 7.45. The Labute approximate surface area is 126 Å². The summed E-state index contributed by atoms with van der Waals surface area (Å²) >= 11 is 0. The Morgan fingerprint density at radius 3 is 2.90 bits per heavy atom. The van der Waals surface area contributed by atoms with E-state index in [0.717, 1.165) is 49.5 Å². The highest BCUT2D eigenvalue weighted by Gasteiger charge is 2.24. The molecule has 5 heteroatoms. The summed E-state index contributed by atoms with van der Waals surface area (Å²) in [6.07, 6.45) is 1.92. The maximum absolute atomic E-state index is 11.3. The number of nitrogens with zero attached hydrogens (tertiary/aromatic N) is 1. The van der Waals surface area contributed by atoms with E-state index in [1.165, 1.54) is 0 Å². The topological polar surface area (TPSA) is 64.8 Å². The molecule has 1 fully saturated rings. The molecule has 1 aliphatic rings. The fourth-order valence-electron chi connectivity index (χ4n) is 2.77. The number of benzene rings is 1. The normalized spacial score (nSPS) is 19.2. The molecule has 1 amide bonds. The summed E-state index contributed by atoms with van der Waals surface area (Å²) in [6.45, 7) is 5.10. The predicted octanol–water partition coefficient (Wildman–Crippen LogP) is 1.79. The number of likely N-dealkylation sites (tertiary alicyclic amines) is 1. The van der Waals surface area contributed by atoms with Gasteiger partial charge in [0.1, 0.15) is 0 Å². The van der Waals surface area contributed by atoms with Crippen LogP contribution in [0.3, 0.4) is 0 Å². The molecule has 0 saturated carbocycles. The van der Waals surface area contributed by atoms with Crippen LogP contribution < -0.4 is 15.2 Å². The number of rotatable bonds is 6. The van der Waals surface area contributed by atoms with Crippen molar-refractivity contribution < 1.29 is 14.3 Å². The van der Waals surface area contributed by atoms with E-state index >= 15 is 0 Å². The molecule has 0 radical (unpaired) electrons. The van der Waals surface area contributed by atoms with Crippen molar-refractivity contribution in [1.82, 2.24) is 4.90 Å². The quantitative estimate of drug-likeness (QED) is 0.868. The van der Waals surface area contributed by atoms with Gasteiger partial charge in [0.15, 0.2) is 11.5 Å². The minimum atomic E-state index is -0.191. The fraction of sp³-hybridized carbons (Fsp3) is 0.562. The van der Waals surface area contributed by atoms with Gasteiger partial charge in [0.25, 0.3) is 0 Å². The van der Waals surface area contributed by atoms with Crippen LogP contribution >= 0.6 is 0 Å². The number of ether oxygens (including phenoxy) is 2. The fourth-order valence-corrected chi connectivity index (χ4v) is 2.77. The number of primary amides is 1. The third-order valence-corrected chi connectivity index (χ3v) is 3.84. The highest BCUT2D eigenvalue weighted by molar-refractivity contribution is 5.76. The molecule has 1 atom stereocenters. The van der Waals surface area contributed by atoms with Gasteiger partial charge in [-0.1, -0.05) is 6.07 Å². The summed E-state index contributed by atoms with van der Waals surface area (Å²) in [7, 11) is 1.64. The van der Waals surface area contributed by atoms with E-state index in [0.29, 0.717) is 6.61 Å². The summed E-state index contributed by atoms with van der Waals surface area (Å²) in [5.74, 6) is 1.29. The molecule has 0 aromatic heterocycles. The lowest BCUT2D eigenvalue weighted by atomic mass is 9.97. The molecule has 0 bridgehead atoms. The van der Waals surface area contributed by atoms with Crippen molar-refractivity contribution in [2.75, 3.05) is 26.8 Å². The van der Waals surface area contributed by atoms with E-state index < -0.39 is 0 Å². The number of nitrogens with two attached hydrogens (primary N) is 1. The van der Waals surface area contributed by atoms with E-state index in [1.54, 1.807) is 7.11 Å². The van der Waals surface area contributed by atoms with Gasteiger partial charge in [-0.05, 0) is 44.0 Å². The van der Waals surface area contributed by atoms with Gasteiger partial charge in [0.2, 0.25) is 5.91 Å². The first kappa shape index (κ1) is 15.6. The molecule has 2 rings (SSSR count). The average Bonchev–Trinajstić information content (AvgIpc) is 2.49. The zero-order valence-corrected chi connectivity index (χ0v) is 12.8. The number of carbonyl (C=O) groups excluding carboxylic acids is 1. The maximum Gasteiger partial charge on any atom is 0.221 e. The number of hydrogen-bond donors (Lipinski definition) is 1. The maximum atomic E-state index is 11.3. The minimum Gasteiger partial charge on any atom is -0.493 e. The van der Waals surface area contributed by atoms with Crippen LogP contribution in [0.1, 0.15) is 25.3 Å². The molecule has 116 valence electrons. The van der Waals surface area contributed by atoms with Crippen molar-refractivity contribution in [2.45, 2.75) is 26.3 Å². The number of carbonyl (C=O) groups is 1. The zero-order valence-electron chi connectivity index (χ0n) is 12.8. The lowest BCUT2D eigenvalue weighted by Crippen LogP contribution is -2.40. The minimum absolute atomic E-state index is 0.0247. The Kier molecular flexibility index (Phi) is 5.44. The highest BCUT2D eigenvalue weighted by atomic mass is 16.5. The number of methoxy groups -OCH3 is 1. The number of amides is 1. The van der Waals surface area contributed by atoms with Crippen LogP contribution in [0.25, 0.3) is 0 Å². The molecular weight excluding hydrogens is 268 g/mol. The molecule has 2 N–H and O–H groups in total. The van der Waals surface area contributed by atoms with E-state index in [9.17, 15) is 4.79 Å². The second-order valence-corrected chi connectivity index (χ2v) is 5.39. The monoisotopic (exact) mass is 292 g/mol. The smallest absolute Gasteiger partial charge is 0.221 e. The summed E-state index contributed by atoms with van der Waals surface area (Å²) in [5, 5.41) is 0. The molecule has 5 nitrogen and oxygen atoms in total. The van der Waals surface area contributed by atoms with Gasteiger partial charge in [-0.25, -0.2) is 0 Å². The van der Waals surface area contributed by atoms with E-state index in [-0.39, 0.29) is 11.8 Å². The Morgan fingerprint density at radius 1 is 1.43 bits per heavy atom. The molecule has 1 aromatic rings. The van der Waals surface area contributed by atoms with Crippen LogP contribution in [-0.4, -0.2) is 37.6 Å². The van der Waals surface area contributed by atoms with Crippen LogP contribution in [0.2, 0.25) is 0 Å². The van der Waals surface area contributed by atoms with Crippen molar-refractivity contribution in [1.29, 1.82) is 0 Å². The van der Waals surface area contributed by atoms with Gasteiger partial charge >= 0.3 is 0 Å². The molecule has 1 unspecified atom stereocenters. The van der Waals surface area contributed by atoms with Gasteiger partial charge in [0, 0.05) is 13.1 Å². The molecular formula is C16H24N2O3. The Bertz CT molecular complexity index is 490. The Morgan fingerprint density at radius 2 is 2.24 bits per heavy atom. The standard InChI is InChI=1S/C16H24N2O3/c1-3-21-14-7-6-12(9-15(14)20-2)10-18-8-4-5-13(11-18)16(17)19/h6-7,9,13H,3-5,8,10-11H2,1-2H3,(H2,17,19). The summed E-state index contributed by atoms with van der Waals surface area (Å²) < 4.78 is 10.9. The first-order chi connectivity index (χ1) is 10.1. The summed E-state index contributed by atoms with van der Waals surface area (Å²) in [6, 6.07) is 5.98. The molecule has 21 heavy (non-hydrogen) atoms. The van der Waals surface area contributed by atoms with Crippen molar-refractivity contribution in [3.05, 3.63) is 23.8 Å². The van der Waals surface area contributed by atoms with Gasteiger partial charge in [-0.3, -0.25) is 9.69 Å². The van der Waals surface area contributed by atoms with Crippen molar-refractivity contribution in [2.24, 2.45) is 11.7 Å². The van der Waals surface area contributed by atoms with Crippen molar-refractivity contribution in [3.8, 4) is 11.5 Å². The highest BCUT2D eigenvalue weighted by Crippen LogP contribution is 2.29.